The van der Waals surface area contributed by atoms with Crippen molar-refractivity contribution in [1.82, 2.24) is 30.2 Å². The number of hydrogen-bond donors (Lipinski definition) is 1. The number of amides is 1. The first-order valence-corrected chi connectivity index (χ1v) is 9.83. The average molecular weight is 435 g/mol. The Kier molecular flexibility index (Phi) is 6.18. The van der Waals surface area contributed by atoms with E-state index in [1.54, 1.807) is 30.6 Å². The highest BCUT2D eigenvalue weighted by atomic mass is 35.5. The topological polar surface area (TPSA) is 120 Å². The number of pyridine rings is 1. The number of aryl methyl sites for hydroxylation is 1. The van der Waals surface area contributed by atoms with Crippen LogP contribution in [0.4, 0.5) is 5.13 Å². The van der Waals surface area contributed by atoms with Gasteiger partial charge >= 0.3 is 0 Å². The molecule has 152 valence electrons. The third-order valence-corrected chi connectivity index (χ3v) is 4.66. The lowest BCUT2D eigenvalue weighted by Gasteiger charge is -2.15. The second kappa shape index (κ2) is 8.62. The zero-order valence-electron chi connectivity index (χ0n) is 16.2. The van der Waals surface area contributed by atoms with E-state index in [1.165, 1.54) is 16.0 Å². The van der Waals surface area contributed by atoms with E-state index in [0.717, 1.165) is 0 Å². The molecule has 3 aromatic rings. The number of oxime groups is 1. The first-order valence-electron chi connectivity index (χ1n) is 8.57. The van der Waals surface area contributed by atoms with E-state index in [9.17, 15) is 4.79 Å². The van der Waals surface area contributed by atoms with Gasteiger partial charge in [-0.2, -0.15) is 4.68 Å². The Morgan fingerprint density at radius 2 is 2.17 bits per heavy atom. The van der Waals surface area contributed by atoms with Crippen LogP contribution in [0.1, 0.15) is 37.9 Å². The van der Waals surface area contributed by atoms with Crippen LogP contribution in [0.15, 0.2) is 28.9 Å². The van der Waals surface area contributed by atoms with Gasteiger partial charge in [0.25, 0.3) is 0 Å². The fourth-order valence-electron chi connectivity index (χ4n) is 2.02. The number of anilines is 1. The summed E-state index contributed by atoms with van der Waals surface area (Å²) in [4.78, 5) is 25.9. The van der Waals surface area contributed by atoms with Crippen LogP contribution < -0.4 is 5.32 Å². The van der Waals surface area contributed by atoms with E-state index in [-0.39, 0.29) is 12.5 Å². The molecule has 0 radical (unpaired) electrons. The predicted molar refractivity (Wildman–Crippen MR) is 109 cm³/mol. The summed E-state index contributed by atoms with van der Waals surface area (Å²) in [7, 11) is 0. The van der Waals surface area contributed by atoms with E-state index < -0.39 is 5.41 Å². The monoisotopic (exact) mass is 434 g/mol. The first kappa shape index (κ1) is 20.8. The van der Waals surface area contributed by atoms with Crippen molar-refractivity contribution in [2.45, 2.75) is 34.3 Å². The van der Waals surface area contributed by atoms with Crippen LogP contribution in [0.25, 0.3) is 0 Å². The van der Waals surface area contributed by atoms with Gasteiger partial charge in [0.2, 0.25) is 11.7 Å². The van der Waals surface area contributed by atoms with E-state index in [4.69, 9.17) is 16.4 Å². The third kappa shape index (κ3) is 5.33. The van der Waals surface area contributed by atoms with Crippen LogP contribution in [0.5, 0.6) is 0 Å². The van der Waals surface area contributed by atoms with Crippen molar-refractivity contribution in [3.05, 3.63) is 45.9 Å². The Bertz CT molecular complexity index is 1020. The van der Waals surface area contributed by atoms with E-state index in [1.807, 2.05) is 20.8 Å². The minimum Gasteiger partial charge on any atom is -0.387 e. The van der Waals surface area contributed by atoms with Crippen LogP contribution in [-0.2, 0) is 16.2 Å². The summed E-state index contributed by atoms with van der Waals surface area (Å²) < 4.78 is 1.43. The lowest BCUT2D eigenvalue weighted by molar-refractivity contribution is -0.123. The Hall–Kier alpha value is -2.92. The van der Waals surface area contributed by atoms with Crippen LogP contribution in [0.3, 0.4) is 0 Å². The molecule has 0 aliphatic carbocycles. The Morgan fingerprint density at radius 3 is 2.79 bits per heavy atom. The van der Waals surface area contributed by atoms with Gasteiger partial charge in [-0.1, -0.05) is 37.5 Å². The fourth-order valence-corrected chi connectivity index (χ4v) is 2.83. The summed E-state index contributed by atoms with van der Waals surface area (Å²) in [6.07, 6.45) is 1.55. The second-order valence-corrected chi connectivity index (χ2v) is 8.29. The van der Waals surface area contributed by atoms with E-state index in [2.05, 4.69) is 36.0 Å². The molecule has 10 nitrogen and oxygen atoms in total. The molecule has 0 aromatic carbocycles. The maximum atomic E-state index is 12.1. The Morgan fingerprint density at radius 1 is 1.38 bits per heavy atom. The molecule has 0 spiro atoms. The van der Waals surface area contributed by atoms with E-state index >= 15 is 0 Å². The molecule has 12 heteroatoms. The van der Waals surface area contributed by atoms with Crippen LogP contribution in [-0.4, -0.2) is 41.9 Å². The minimum absolute atomic E-state index is 0.105. The van der Waals surface area contributed by atoms with Gasteiger partial charge in [0.1, 0.15) is 5.15 Å². The molecule has 1 N–H and O–H groups in total. The summed E-state index contributed by atoms with van der Waals surface area (Å²) in [5.41, 5.74) is 0.754. The molecule has 0 aliphatic heterocycles. The number of aromatic nitrogens is 6. The van der Waals surface area contributed by atoms with E-state index in [0.29, 0.717) is 33.2 Å². The highest BCUT2D eigenvalue weighted by Crippen LogP contribution is 2.21. The number of nitrogens with zero attached hydrogens (tertiary/aromatic N) is 7. The number of tetrazole rings is 1. The number of hydrogen-bond acceptors (Lipinski definition) is 9. The molecular weight excluding hydrogens is 416 g/mol. The maximum absolute atomic E-state index is 12.1. The van der Waals surface area contributed by atoms with Gasteiger partial charge in [-0.05, 0) is 29.5 Å². The summed E-state index contributed by atoms with van der Waals surface area (Å²) in [5.74, 6) is 0.778. The smallest absolute Gasteiger partial charge is 0.231 e. The van der Waals surface area contributed by atoms with Gasteiger partial charge in [0, 0.05) is 22.6 Å². The van der Waals surface area contributed by atoms with Gasteiger partial charge < -0.3 is 10.2 Å². The van der Waals surface area contributed by atoms with Gasteiger partial charge in [-0.25, -0.2) is 9.97 Å². The average Bonchev–Trinajstić information content (AvgIpc) is 3.28. The first-order chi connectivity index (χ1) is 13.7. The largest absolute Gasteiger partial charge is 0.387 e. The Balaban J connectivity index is 1.73. The second-order valence-electron chi connectivity index (χ2n) is 7.04. The summed E-state index contributed by atoms with van der Waals surface area (Å²) in [6.45, 7) is 7.35. The molecule has 29 heavy (non-hydrogen) atoms. The zero-order valence-corrected chi connectivity index (χ0v) is 17.8. The van der Waals surface area contributed by atoms with Crippen molar-refractivity contribution in [1.29, 1.82) is 0 Å². The van der Waals surface area contributed by atoms with Crippen LogP contribution >= 0.6 is 22.9 Å². The zero-order chi connectivity index (χ0) is 21.0. The Labute approximate surface area is 176 Å². The molecule has 0 aliphatic rings. The van der Waals surface area contributed by atoms with Gasteiger partial charge in [0.05, 0.1) is 5.69 Å². The number of carbonyl (C=O) groups is 1. The normalized spacial score (nSPS) is 12.1. The SMILES string of the molecule is Cc1nnnn1/C(=N/OCc1csc(NC(=O)C(C)(C)C)n1)c1ccc(Cl)nc1. The number of carbonyl (C=O) groups excluding carboxylic acids is 1. The lowest BCUT2D eigenvalue weighted by atomic mass is 9.96. The number of rotatable bonds is 5. The lowest BCUT2D eigenvalue weighted by Crippen LogP contribution is -2.27. The number of nitrogens with one attached hydrogen (secondary N) is 1. The molecule has 0 atom stereocenters. The summed E-state index contributed by atoms with van der Waals surface area (Å²) >= 11 is 7.17. The molecular formula is C17H19ClN8O2S. The summed E-state index contributed by atoms with van der Waals surface area (Å²) in [5, 5.41) is 21.0. The predicted octanol–water partition coefficient (Wildman–Crippen LogP) is 2.90. The van der Waals surface area contributed by atoms with Crippen molar-refractivity contribution in [3.8, 4) is 0 Å². The van der Waals surface area contributed by atoms with Gasteiger partial charge in [0.15, 0.2) is 17.6 Å². The van der Waals surface area contributed by atoms with Gasteiger partial charge in [-0.3, -0.25) is 4.79 Å². The highest BCUT2D eigenvalue weighted by Gasteiger charge is 2.22. The fraction of sp³-hybridized carbons (Fsp3) is 0.353. The molecule has 0 fully saturated rings. The van der Waals surface area contributed by atoms with Crippen LogP contribution in [0, 0.1) is 12.3 Å². The molecule has 3 aromatic heterocycles. The maximum Gasteiger partial charge on any atom is 0.231 e. The molecule has 0 saturated carbocycles. The van der Waals surface area contributed by atoms with Crippen molar-refractivity contribution in [2.24, 2.45) is 10.6 Å². The van der Waals surface area contributed by atoms with Crippen molar-refractivity contribution in [3.63, 3.8) is 0 Å². The van der Waals surface area contributed by atoms with Gasteiger partial charge in [-0.15, -0.1) is 16.4 Å². The quantitative estimate of drug-likeness (QED) is 0.283. The molecule has 1 amide bonds. The number of halogens is 1. The summed E-state index contributed by atoms with van der Waals surface area (Å²) in [6, 6.07) is 3.37. The highest BCUT2D eigenvalue weighted by molar-refractivity contribution is 7.13. The minimum atomic E-state index is -0.502. The van der Waals surface area contributed by atoms with Crippen molar-refractivity contribution in [2.75, 3.05) is 5.32 Å². The third-order valence-electron chi connectivity index (χ3n) is 3.63. The van der Waals surface area contributed by atoms with Crippen molar-refractivity contribution < 1.29 is 9.63 Å². The van der Waals surface area contributed by atoms with Crippen LogP contribution in [0.2, 0.25) is 5.15 Å². The molecule has 0 bridgehead atoms. The van der Waals surface area contributed by atoms with Crippen molar-refractivity contribution >= 4 is 39.8 Å². The molecule has 3 heterocycles. The standard InChI is InChI=1S/C17H19ClN8O2S/c1-10-22-24-25-26(10)14(11-5-6-13(18)19-7-11)23-28-8-12-9-29-16(20-12)21-15(27)17(2,3)4/h5-7,9H,8H2,1-4H3,(H,20,21,27)/b23-14+. The molecule has 0 saturated heterocycles. The molecule has 3 rings (SSSR count). The molecule has 0 unspecified atom stereocenters. The number of thiazole rings is 1.